The molecule has 0 aliphatic carbocycles. The summed E-state index contributed by atoms with van der Waals surface area (Å²) in [5, 5.41) is 11.3. The standard InChI is InChI=1S/C20H21ClN4O2.C2HF3O2/c1-27-19(26)13-5-6-17-18(11-13)24-20(23-17)22-8-10-25-9-7-15-14(12-25)3-2-4-16(15)21;3-2(4,5)1(6)7/h2-6,11H,7-10,12H2,1H3,(H2,22,23,24);(H,6,7). The van der Waals surface area contributed by atoms with E-state index in [1.54, 1.807) is 12.1 Å². The van der Waals surface area contributed by atoms with Crippen LogP contribution >= 0.6 is 11.6 Å². The average molecular weight is 499 g/mol. The molecule has 0 bridgehead atoms. The average Bonchev–Trinajstić information content (AvgIpc) is 3.20. The third kappa shape index (κ3) is 6.39. The van der Waals surface area contributed by atoms with E-state index in [0.29, 0.717) is 11.5 Å². The highest BCUT2D eigenvalue weighted by atomic mass is 35.5. The minimum Gasteiger partial charge on any atom is -0.475 e. The van der Waals surface area contributed by atoms with E-state index in [2.05, 4.69) is 26.3 Å². The Morgan fingerprint density at radius 2 is 2.03 bits per heavy atom. The van der Waals surface area contributed by atoms with E-state index in [0.717, 1.165) is 48.7 Å². The highest BCUT2D eigenvalue weighted by Crippen LogP contribution is 2.25. The third-order valence-electron chi connectivity index (χ3n) is 5.15. The van der Waals surface area contributed by atoms with Crippen molar-refractivity contribution in [1.29, 1.82) is 0 Å². The van der Waals surface area contributed by atoms with E-state index in [9.17, 15) is 18.0 Å². The largest absolute Gasteiger partial charge is 0.490 e. The zero-order chi connectivity index (χ0) is 24.9. The number of carboxylic acid groups (broad SMARTS) is 1. The molecule has 0 spiro atoms. The number of imidazole rings is 1. The summed E-state index contributed by atoms with van der Waals surface area (Å²) >= 11 is 6.28. The number of aromatic amines is 1. The van der Waals surface area contributed by atoms with Gasteiger partial charge in [0.15, 0.2) is 0 Å². The van der Waals surface area contributed by atoms with Gasteiger partial charge in [0.2, 0.25) is 5.95 Å². The minimum atomic E-state index is -5.08. The van der Waals surface area contributed by atoms with Gasteiger partial charge < -0.3 is 20.1 Å². The lowest BCUT2D eigenvalue weighted by Crippen LogP contribution is -2.34. The number of aliphatic carboxylic acids is 1. The molecule has 3 aromatic rings. The van der Waals surface area contributed by atoms with Crippen LogP contribution in [0.3, 0.4) is 0 Å². The van der Waals surface area contributed by atoms with Gasteiger partial charge in [-0.25, -0.2) is 14.6 Å². The first-order valence-electron chi connectivity index (χ1n) is 10.2. The van der Waals surface area contributed by atoms with E-state index in [1.807, 2.05) is 18.2 Å². The predicted octanol–water partition coefficient (Wildman–Crippen LogP) is 4.11. The van der Waals surface area contributed by atoms with Gasteiger partial charge in [0.05, 0.1) is 23.7 Å². The van der Waals surface area contributed by atoms with E-state index in [1.165, 1.54) is 18.2 Å². The second-order valence-corrected chi connectivity index (χ2v) is 7.85. The van der Waals surface area contributed by atoms with Crippen molar-refractivity contribution in [2.45, 2.75) is 19.1 Å². The van der Waals surface area contributed by atoms with Gasteiger partial charge in [-0.15, -0.1) is 0 Å². The van der Waals surface area contributed by atoms with Gasteiger partial charge in [-0.1, -0.05) is 23.7 Å². The SMILES string of the molecule is COC(=O)c1ccc2nc(NCCN3CCc4c(Cl)cccc4C3)[nH]c2c1.O=C(O)C(F)(F)F. The van der Waals surface area contributed by atoms with Crippen LogP contribution in [0.25, 0.3) is 11.0 Å². The van der Waals surface area contributed by atoms with Crippen molar-refractivity contribution in [3.8, 4) is 0 Å². The second kappa shape index (κ2) is 10.7. The fourth-order valence-electron chi connectivity index (χ4n) is 3.48. The number of anilines is 1. The topological polar surface area (TPSA) is 108 Å². The lowest BCUT2D eigenvalue weighted by atomic mass is 10.00. The number of carbonyl (C=O) groups excluding carboxylic acids is 1. The van der Waals surface area contributed by atoms with Gasteiger partial charge in [0.25, 0.3) is 0 Å². The summed E-state index contributed by atoms with van der Waals surface area (Å²) in [6.07, 6.45) is -4.10. The molecule has 0 atom stereocenters. The number of fused-ring (bicyclic) bond motifs is 2. The number of benzene rings is 2. The number of carbonyl (C=O) groups is 2. The van der Waals surface area contributed by atoms with Gasteiger partial charge in [0, 0.05) is 31.2 Å². The maximum absolute atomic E-state index is 11.6. The van der Waals surface area contributed by atoms with Crippen LogP contribution in [0.1, 0.15) is 21.5 Å². The molecular weight excluding hydrogens is 477 g/mol. The summed E-state index contributed by atoms with van der Waals surface area (Å²) < 4.78 is 36.5. The van der Waals surface area contributed by atoms with Gasteiger partial charge >= 0.3 is 18.1 Å². The summed E-state index contributed by atoms with van der Waals surface area (Å²) in [6.45, 7) is 3.61. The lowest BCUT2D eigenvalue weighted by Gasteiger charge is -2.29. The first kappa shape index (κ1) is 25.3. The van der Waals surface area contributed by atoms with Crippen LogP contribution in [0.4, 0.5) is 19.1 Å². The number of nitrogens with zero attached hydrogens (tertiary/aromatic N) is 2. The van der Waals surface area contributed by atoms with Crippen LogP contribution in [0, 0.1) is 0 Å². The highest BCUT2D eigenvalue weighted by molar-refractivity contribution is 6.31. The zero-order valence-corrected chi connectivity index (χ0v) is 18.8. The van der Waals surface area contributed by atoms with Crippen molar-refractivity contribution in [3.63, 3.8) is 0 Å². The van der Waals surface area contributed by atoms with Crippen molar-refractivity contribution in [1.82, 2.24) is 14.9 Å². The summed E-state index contributed by atoms with van der Waals surface area (Å²) in [4.78, 5) is 30.7. The molecule has 0 fully saturated rings. The van der Waals surface area contributed by atoms with Crippen LogP contribution in [0.2, 0.25) is 5.02 Å². The molecule has 0 saturated heterocycles. The number of ether oxygens (including phenoxy) is 1. The first-order chi connectivity index (χ1) is 16.1. The number of carboxylic acids is 1. The maximum atomic E-state index is 11.6. The number of hydrogen-bond donors (Lipinski definition) is 3. The van der Waals surface area contributed by atoms with Gasteiger partial charge in [-0.3, -0.25) is 4.90 Å². The number of halogens is 4. The molecule has 0 unspecified atom stereocenters. The highest BCUT2D eigenvalue weighted by Gasteiger charge is 2.38. The van der Waals surface area contributed by atoms with E-state index >= 15 is 0 Å². The molecule has 0 saturated carbocycles. The molecule has 182 valence electrons. The van der Waals surface area contributed by atoms with Gasteiger partial charge in [0.1, 0.15) is 0 Å². The monoisotopic (exact) mass is 498 g/mol. The number of nitrogens with one attached hydrogen (secondary N) is 2. The second-order valence-electron chi connectivity index (χ2n) is 7.44. The van der Waals surface area contributed by atoms with Crippen molar-refractivity contribution in [2.24, 2.45) is 0 Å². The van der Waals surface area contributed by atoms with Crippen LogP contribution in [-0.2, 0) is 22.5 Å². The Morgan fingerprint density at radius 1 is 1.29 bits per heavy atom. The van der Waals surface area contributed by atoms with Crippen LogP contribution in [0.5, 0.6) is 0 Å². The van der Waals surface area contributed by atoms with Crippen molar-refractivity contribution < 1.29 is 32.6 Å². The van der Waals surface area contributed by atoms with E-state index < -0.39 is 12.1 Å². The normalized spacial score (nSPS) is 13.6. The van der Waals surface area contributed by atoms with Crippen molar-refractivity contribution in [2.75, 3.05) is 32.1 Å². The lowest BCUT2D eigenvalue weighted by molar-refractivity contribution is -0.192. The molecule has 3 N–H and O–H groups in total. The fourth-order valence-corrected chi connectivity index (χ4v) is 3.77. The first-order valence-corrected chi connectivity index (χ1v) is 10.6. The molecule has 8 nitrogen and oxygen atoms in total. The zero-order valence-electron chi connectivity index (χ0n) is 18.1. The molecule has 0 amide bonds. The number of alkyl halides is 3. The van der Waals surface area contributed by atoms with Crippen molar-refractivity contribution >= 4 is 40.5 Å². The number of aromatic nitrogens is 2. The molecule has 34 heavy (non-hydrogen) atoms. The molecule has 2 aromatic carbocycles. The molecule has 1 aliphatic rings. The molecule has 1 aliphatic heterocycles. The van der Waals surface area contributed by atoms with Crippen LogP contribution < -0.4 is 5.32 Å². The number of rotatable bonds is 5. The Kier molecular flexibility index (Phi) is 8.00. The number of esters is 1. The molecule has 0 radical (unpaired) electrons. The van der Waals surface area contributed by atoms with E-state index in [4.69, 9.17) is 26.2 Å². The Bertz CT molecular complexity index is 1180. The summed E-state index contributed by atoms with van der Waals surface area (Å²) in [6, 6.07) is 11.4. The number of methoxy groups -OCH3 is 1. The number of hydrogen-bond acceptors (Lipinski definition) is 6. The van der Waals surface area contributed by atoms with E-state index in [-0.39, 0.29) is 5.97 Å². The molecule has 12 heteroatoms. The Balaban J connectivity index is 0.000000406. The number of H-pyrrole nitrogens is 1. The minimum absolute atomic E-state index is 0.355. The van der Waals surface area contributed by atoms with Crippen LogP contribution in [-0.4, -0.2) is 64.8 Å². The summed E-state index contributed by atoms with van der Waals surface area (Å²) in [5.41, 5.74) is 4.72. The predicted molar refractivity (Wildman–Crippen MR) is 120 cm³/mol. The Labute approximate surface area is 197 Å². The maximum Gasteiger partial charge on any atom is 0.490 e. The molecule has 1 aromatic heterocycles. The summed E-state index contributed by atoms with van der Waals surface area (Å²) in [7, 11) is 1.37. The molecule has 2 heterocycles. The molecule has 4 rings (SSSR count). The third-order valence-corrected chi connectivity index (χ3v) is 5.51. The molecular formula is C22H22ClF3N4O4. The smallest absolute Gasteiger partial charge is 0.475 e. The van der Waals surface area contributed by atoms with Crippen LogP contribution in [0.15, 0.2) is 36.4 Å². The van der Waals surface area contributed by atoms with Gasteiger partial charge in [-0.05, 0) is 41.8 Å². The summed E-state index contributed by atoms with van der Waals surface area (Å²) in [5.74, 6) is -2.41. The Morgan fingerprint density at radius 3 is 2.71 bits per heavy atom. The quantitative estimate of drug-likeness (QED) is 0.454. The fraction of sp³-hybridized carbons (Fsp3) is 0.318. The Hall–Kier alpha value is -3.31. The van der Waals surface area contributed by atoms with Crippen molar-refractivity contribution in [3.05, 3.63) is 58.1 Å². The van der Waals surface area contributed by atoms with Gasteiger partial charge in [-0.2, -0.15) is 13.2 Å².